The van der Waals surface area contributed by atoms with Crippen LogP contribution in [0.4, 0.5) is 9.18 Å². The number of hydrogen-bond donors (Lipinski definition) is 0. The second kappa shape index (κ2) is 9.35. The van der Waals surface area contributed by atoms with Crippen LogP contribution in [-0.2, 0) is 11.2 Å². The van der Waals surface area contributed by atoms with E-state index in [-0.39, 0.29) is 17.6 Å². The van der Waals surface area contributed by atoms with Gasteiger partial charge in [0.1, 0.15) is 11.6 Å². The van der Waals surface area contributed by atoms with E-state index in [1.54, 1.807) is 37.0 Å². The molecule has 2 aromatic carbocycles. The molecular weight excluding hydrogens is 435 g/mol. The van der Waals surface area contributed by atoms with Gasteiger partial charge in [0.25, 0.3) is 0 Å². The fourth-order valence-corrected chi connectivity index (χ4v) is 3.75. The molecule has 3 aromatic rings. The second-order valence-electron chi connectivity index (χ2n) is 7.30. The molecule has 0 saturated heterocycles. The van der Waals surface area contributed by atoms with Crippen molar-refractivity contribution in [3.05, 3.63) is 60.0 Å². The van der Waals surface area contributed by atoms with Crippen molar-refractivity contribution in [3.63, 3.8) is 0 Å². The zero-order chi connectivity index (χ0) is 21.0. The average molecular weight is 459 g/mol. The molecule has 0 aliphatic heterocycles. The van der Waals surface area contributed by atoms with E-state index in [4.69, 9.17) is 0 Å². The number of carbonyl (C=O) groups excluding carboxylic acids is 2. The van der Waals surface area contributed by atoms with Gasteiger partial charge in [0, 0.05) is 43.9 Å². The Morgan fingerprint density at radius 3 is 2.38 bits per heavy atom. The van der Waals surface area contributed by atoms with E-state index in [0.29, 0.717) is 12.8 Å². The monoisotopic (exact) mass is 458 g/mol. The van der Waals surface area contributed by atoms with E-state index in [0.717, 1.165) is 45.8 Å². The lowest BCUT2D eigenvalue weighted by Gasteiger charge is -2.12. The first-order valence-corrected chi connectivity index (χ1v) is 10.7. The Kier molecular flexibility index (Phi) is 6.85. The predicted molar refractivity (Wildman–Crippen MR) is 118 cm³/mol. The maximum atomic E-state index is 13.3. The minimum absolute atomic E-state index is 0.171. The quantitative estimate of drug-likeness (QED) is 0.338. The van der Waals surface area contributed by atoms with E-state index in [9.17, 15) is 14.0 Å². The number of alkyl halides is 1. The number of rotatable bonds is 7. The van der Waals surface area contributed by atoms with Crippen LogP contribution in [0.5, 0.6) is 0 Å². The van der Waals surface area contributed by atoms with Crippen molar-refractivity contribution in [3.8, 4) is 11.1 Å². The number of amides is 1. The van der Waals surface area contributed by atoms with Gasteiger partial charge >= 0.3 is 6.03 Å². The number of Topliss-reactive ketones (excluding diaryl/α,β-unsaturated/α-hetero) is 1. The van der Waals surface area contributed by atoms with Gasteiger partial charge in [0.05, 0.1) is 5.52 Å². The molecule has 0 spiro atoms. The maximum Gasteiger partial charge on any atom is 0.328 e. The smallest absolute Gasteiger partial charge is 0.328 e. The molecule has 4 nitrogen and oxygen atoms in total. The Bertz CT molecular complexity index is 1030. The van der Waals surface area contributed by atoms with Crippen molar-refractivity contribution in [1.29, 1.82) is 0 Å². The summed E-state index contributed by atoms with van der Waals surface area (Å²) in [6.07, 6.45) is 4.43. The van der Waals surface area contributed by atoms with Gasteiger partial charge < -0.3 is 4.90 Å². The number of fused-ring (bicyclic) bond motifs is 1. The molecule has 0 atom stereocenters. The van der Waals surface area contributed by atoms with Gasteiger partial charge in [-0.15, -0.1) is 0 Å². The molecule has 6 heteroatoms. The Hall–Kier alpha value is -2.47. The fourth-order valence-electron chi connectivity index (χ4n) is 3.35. The van der Waals surface area contributed by atoms with E-state index >= 15 is 0 Å². The van der Waals surface area contributed by atoms with Crippen LogP contribution >= 0.6 is 15.9 Å². The summed E-state index contributed by atoms with van der Waals surface area (Å²) in [5.74, 6) is -0.119. The maximum absolute atomic E-state index is 13.3. The Morgan fingerprint density at radius 2 is 1.72 bits per heavy atom. The zero-order valence-corrected chi connectivity index (χ0v) is 18.2. The first-order chi connectivity index (χ1) is 13.9. The SMILES string of the molecule is CN(C)C(=O)n1cc(CC(=O)CCCCBr)c2ccc(-c3ccc(F)cc3)cc21. The van der Waals surface area contributed by atoms with Gasteiger partial charge in [-0.1, -0.05) is 40.2 Å². The number of ketones is 1. The molecule has 0 fully saturated rings. The van der Waals surface area contributed by atoms with E-state index in [1.165, 1.54) is 17.0 Å². The summed E-state index contributed by atoms with van der Waals surface area (Å²) in [6, 6.07) is 11.9. The van der Waals surface area contributed by atoms with Crippen LogP contribution in [0.15, 0.2) is 48.7 Å². The summed E-state index contributed by atoms with van der Waals surface area (Å²) < 4.78 is 14.8. The number of hydrogen-bond acceptors (Lipinski definition) is 2. The lowest BCUT2D eigenvalue weighted by molar-refractivity contribution is -0.118. The molecule has 1 aromatic heterocycles. The Labute approximate surface area is 178 Å². The number of carbonyl (C=O) groups is 2. The van der Waals surface area contributed by atoms with Gasteiger partial charge in [-0.2, -0.15) is 0 Å². The van der Waals surface area contributed by atoms with Crippen LogP contribution in [0.2, 0.25) is 0 Å². The fraction of sp³-hybridized carbons (Fsp3) is 0.304. The summed E-state index contributed by atoms with van der Waals surface area (Å²) >= 11 is 3.38. The first kappa shape index (κ1) is 21.2. The molecular formula is C23H24BrFN2O2. The van der Waals surface area contributed by atoms with Crippen molar-refractivity contribution in [2.24, 2.45) is 0 Å². The van der Waals surface area contributed by atoms with Crippen molar-refractivity contribution in [2.75, 3.05) is 19.4 Å². The zero-order valence-electron chi connectivity index (χ0n) is 16.6. The third-order valence-corrected chi connectivity index (χ3v) is 5.44. The van der Waals surface area contributed by atoms with Gasteiger partial charge in [0.2, 0.25) is 0 Å². The normalized spacial score (nSPS) is 11.0. The second-order valence-corrected chi connectivity index (χ2v) is 8.09. The van der Waals surface area contributed by atoms with Crippen LogP contribution < -0.4 is 0 Å². The third kappa shape index (κ3) is 4.93. The molecule has 0 bridgehead atoms. The van der Waals surface area contributed by atoms with Gasteiger partial charge in [-0.05, 0) is 47.7 Å². The molecule has 3 rings (SSSR count). The number of aromatic nitrogens is 1. The van der Waals surface area contributed by atoms with Crippen LogP contribution in [0.3, 0.4) is 0 Å². The summed E-state index contributed by atoms with van der Waals surface area (Å²) in [5, 5.41) is 1.78. The summed E-state index contributed by atoms with van der Waals surface area (Å²) in [5.41, 5.74) is 3.35. The highest BCUT2D eigenvalue weighted by Gasteiger charge is 2.17. The van der Waals surface area contributed by atoms with Gasteiger partial charge in [0.15, 0.2) is 0 Å². The summed E-state index contributed by atoms with van der Waals surface area (Å²) in [7, 11) is 3.40. The van der Waals surface area contributed by atoms with E-state index in [2.05, 4.69) is 15.9 Å². The first-order valence-electron chi connectivity index (χ1n) is 9.60. The molecule has 0 radical (unpaired) electrons. The molecule has 0 aliphatic rings. The molecule has 1 heterocycles. The largest absolute Gasteiger partial charge is 0.330 e. The summed E-state index contributed by atoms with van der Waals surface area (Å²) in [4.78, 5) is 26.6. The van der Waals surface area contributed by atoms with Crippen LogP contribution in [0, 0.1) is 5.82 Å². The Balaban J connectivity index is 2.01. The number of benzene rings is 2. The molecule has 152 valence electrons. The van der Waals surface area contributed by atoms with Crippen LogP contribution in [0.25, 0.3) is 22.0 Å². The van der Waals surface area contributed by atoms with Crippen LogP contribution in [-0.4, -0.2) is 40.7 Å². The molecule has 0 unspecified atom stereocenters. The molecule has 0 N–H and O–H groups in total. The predicted octanol–water partition coefficient (Wildman–Crippen LogP) is 5.65. The van der Waals surface area contributed by atoms with Crippen molar-refractivity contribution < 1.29 is 14.0 Å². The number of unbranched alkanes of at least 4 members (excludes halogenated alkanes) is 1. The minimum atomic E-state index is -0.290. The highest BCUT2D eigenvalue weighted by molar-refractivity contribution is 9.09. The van der Waals surface area contributed by atoms with Gasteiger partial charge in [-0.3, -0.25) is 9.36 Å². The highest BCUT2D eigenvalue weighted by atomic mass is 79.9. The Morgan fingerprint density at radius 1 is 1.03 bits per heavy atom. The number of nitrogens with zero attached hydrogens (tertiary/aromatic N) is 2. The number of halogens is 2. The van der Waals surface area contributed by atoms with Crippen molar-refractivity contribution >= 4 is 38.6 Å². The van der Waals surface area contributed by atoms with E-state index < -0.39 is 0 Å². The summed E-state index contributed by atoms with van der Waals surface area (Å²) in [6.45, 7) is 0. The van der Waals surface area contributed by atoms with Crippen molar-refractivity contribution in [2.45, 2.75) is 25.7 Å². The van der Waals surface area contributed by atoms with E-state index in [1.807, 2.05) is 18.2 Å². The molecule has 29 heavy (non-hydrogen) atoms. The standard InChI is InChI=1S/C23H24BrFN2O2/c1-26(2)23(29)27-15-18(13-20(28)5-3-4-12-24)21-11-8-17(14-22(21)27)16-6-9-19(25)10-7-16/h6-11,14-15H,3-5,12-13H2,1-2H3. The lowest BCUT2D eigenvalue weighted by Crippen LogP contribution is -2.26. The lowest BCUT2D eigenvalue weighted by atomic mass is 10.0. The highest BCUT2D eigenvalue weighted by Crippen LogP contribution is 2.29. The third-order valence-electron chi connectivity index (χ3n) is 4.88. The topological polar surface area (TPSA) is 42.3 Å². The van der Waals surface area contributed by atoms with Crippen LogP contribution in [0.1, 0.15) is 24.8 Å². The molecule has 1 amide bonds. The molecule has 0 aliphatic carbocycles. The average Bonchev–Trinajstić information content (AvgIpc) is 3.05. The van der Waals surface area contributed by atoms with Gasteiger partial charge in [-0.25, -0.2) is 9.18 Å². The van der Waals surface area contributed by atoms with Crippen molar-refractivity contribution in [1.82, 2.24) is 9.47 Å². The molecule has 0 saturated carbocycles. The minimum Gasteiger partial charge on any atom is -0.330 e.